The monoisotopic (exact) mass is 208 g/mol. The summed E-state index contributed by atoms with van der Waals surface area (Å²) in [6.45, 7) is 1.58. The summed E-state index contributed by atoms with van der Waals surface area (Å²) in [6, 6.07) is 7.08. The van der Waals surface area contributed by atoms with Crippen molar-refractivity contribution in [2.24, 2.45) is 0 Å². The van der Waals surface area contributed by atoms with E-state index in [0.717, 1.165) is 19.5 Å². The van der Waals surface area contributed by atoms with Crippen LogP contribution in [0.1, 0.15) is 16.8 Å². The third-order valence-corrected chi connectivity index (χ3v) is 2.55. The molecule has 0 aliphatic carbocycles. The quantitative estimate of drug-likeness (QED) is 0.694. The molecule has 0 unspecified atom stereocenters. The number of amides is 1. The minimum Gasteiger partial charge on any atom is -0.338 e. The van der Waals surface area contributed by atoms with Crippen molar-refractivity contribution < 1.29 is 4.79 Å². The Hall–Kier alpha value is -1.02. The predicted molar refractivity (Wildman–Crippen MR) is 56.3 cm³/mol. The van der Waals surface area contributed by atoms with Crippen molar-refractivity contribution in [2.45, 2.75) is 6.42 Å². The van der Waals surface area contributed by atoms with Crippen LogP contribution >= 0.6 is 11.6 Å². The molecule has 73 valence electrons. The summed E-state index contributed by atoms with van der Waals surface area (Å²) >= 11 is 5.82. The Morgan fingerprint density at radius 1 is 1.43 bits per heavy atom. The second kappa shape index (κ2) is 4.01. The molecule has 0 bridgehead atoms. The van der Waals surface area contributed by atoms with E-state index in [-0.39, 0.29) is 5.91 Å². The molecule has 1 radical (unpaired) electrons. The molecule has 1 heterocycles. The molecule has 1 fully saturated rings. The lowest BCUT2D eigenvalue weighted by molar-refractivity contribution is 0.0796. The van der Waals surface area contributed by atoms with Crippen molar-refractivity contribution >= 4 is 17.5 Å². The highest BCUT2D eigenvalue weighted by Crippen LogP contribution is 2.15. The largest absolute Gasteiger partial charge is 0.338 e. The van der Waals surface area contributed by atoms with E-state index in [9.17, 15) is 4.79 Å². The highest BCUT2D eigenvalue weighted by Gasteiger charge is 2.19. The summed E-state index contributed by atoms with van der Waals surface area (Å²) in [5.74, 6) is 0.0706. The molecule has 14 heavy (non-hydrogen) atoms. The van der Waals surface area contributed by atoms with Gasteiger partial charge < -0.3 is 4.90 Å². The van der Waals surface area contributed by atoms with Gasteiger partial charge in [-0.15, -0.1) is 0 Å². The van der Waals surface area contributed by atoms with Crippen LogP contribution in [-0.4, -0.2) is 23.9 Å². The summed E-state index contributed by atoms with van der Waals surface area (Å²) in [5, 5.41) is 0.610. The van der Waals surface area contributed by atoms with Gasteiger partial charge in [0, 0.05) is 23.7 Å². The van der Waals surface area contributed by atoms with Crippen LogP contribution in [0.5, 0.6) is 0 Å². The van der Waals surface area contributed by atoms with Gasteiger partial charge in [0.1, 0.15) is 0 Å². The zero-order valence-electron chi connectivity index (χ0n) is 7.74. The highest BCUT2D eigenvalue weighted by molar-refractivity contribution is 6.30. The fourth-order valence-corrected chi connectivity index (χ4v) is 1.76. The molecular weight excluding hydrogens is 198 g/mol. The van der Waals surface area contributed by atoms with Crippen LogP contribution in [0.15, 0.2) is 24.3 Å². The number of halogens is 1. The van der Waals surface area contributed by atoms with Crippen molar-refractivity contribution in [2.75, 3.05) is 13.1 Å². The molecule has 0 spiro atoms. The minimum atomic E-state index is 0.0706. The van der Waals surface area contributed by atoms with E-state index in [1.165, 1.54) is 0 Å². The number of carbonyl (C=O) groups is 1. The van der Waals surface area contributed by atoms with E-state index in [4.69, 9.17) is 11.6 Å². The molecule has 1 amide bonds. The number of likely N-dealkylation sites (tertiary alicyclic amines) is 1. The summed E-state index contributed by atoms with van der Waals surface area (Å²) in [6.07, 6.45) is 3.11. The number of hydrogen-bond donors (Lipinski definition) is 0. The Bertz CT molecular complexity index is 345. The fraction of sp³-hybridized carbons (Fsp3) is 0.273. The number of carbonyl (C=O) groups excluding carboxylic acids is 1. The molecule has 2 nitrogen and oxygen atoms in total. The Balaban J connectivity index is 2.17. The zero-order valence-corrected chi connectivity index (χ0v) is 8.50. The second-order valence-corrected chi connectivity index (χ2v) is 3.78. The number of hydrogen-bond acceptors (Lipinski definition) is 1. The van der Waals surface area contributed by atoms with Crippen molar-refractivity contribution in [3.63, 3.8) is 0 Å². The molecule has 0 N–H and O–H groups in total. The maximum Gasteiger partial charge on any atom is 0.253 e. The first-order chi connectivity index (χ1) is 6.77. The highest BCUT2D eigenvalue weighted by atomic mass is 35.5. The van der Waals surface area contributed by atoms with Gasteiger partial charge in [-0.2, -0.15) is 0 Å². The topological polar surface area (TPSA) is 20.3 Å². The summed E-state index contributed by atoms with van der Waals surface area (Å²) in [4.78, 5) is 13.7. The van der Waals surface area contributed by atoms with E-state index < -0.39 is 0 Å². The lowest BCUT2D eigenvalue weighted by Gasteiger charge is -2.14. The van der Waals surface area contributed by atoms with Gasteiger partial charge in [0.25, 0.3) is 5.91 Å². The van der Waals surface area contributed by atoms with Crippen LogP contribution in [0.3, 0.4) is 0 Å². The molecule has 0 aromatic heterocycles. The molecule has 1 aliphatic heterocycles. The van der Waals surface area contributed by atoms with Gasteiger partial charge >= 0.3 is 0 Å². The SMILES string of the molecule is O=C(c1cccc(Cl)c1)N1C[CH]CC1. The van der Waals surface area contributed by atoms with E-state index in [2.05, 4.69) is 6.42 Å². The molecule has 0 saturated carbocycles. The smallest absolute Gasteiger partial charge is 0.253 e. The van der Waals surface area contributed by atoms with Gasteiger partial charge in [0.15, 0.2) is 0 Å². The third-order valence-electron chi connectivity index (χ3n) is 2.31. The van der Waals surface area contributed by atoms with Crippen molar-refractivity contribution in [3.05, 3.63) is 41.3 Å². The Morgan fingerprint density at radius 2 is 2.29 bits per heavy atom. The third kappa shape index (κ3) is 1.90. The summed E-state index contributed by atoms with van der Waals surface area (Å²) < 4.78 is 0. The van der Waals surface area contributed by atoms with Crippen LogP contribution in [0.25, 0.3) is 0 Å². The van der Waals surface area contributed by atoms with E-state index >= 15 is 0 Å². The standard InChI is InChI=1S/C11H11ClNO/c12-10-5-3-4-9(8-10)11(14)13-6-1-2-7-13/h1,3-5,8H,2,6-7H2. The fourth-order valence-electron chi connectivity index (χ4n) is 1.57. The van der Waals surface area contributed by atoms with E-state index in [1.54, 1.807) is 24.3 Å². The minimum absolute atomic E-state index is 0.0706. The van der Waals surface area contributed by atoms with Crippen LogP contribution in [0.2, 0.25) is 5.02 Å². The predicted octanol–water partition coefficient (Wildman–Crippen LogP) is 2.39. The molecule has 3 heteroatoms. The summed E-state index contributed by atoms with van der Waals surface area (Å²) in [7, 11) is 0. The van der Waals surface area contributed by atoms with Gasteiger partial charge in [-0.25, -0.2) is 0 Å². The Labute approximate surface area is 88.5 Å². The molecule has 1 saturated heterocycles. The average molecular weight is 209 g/mol. The first kappa shape index (κ1) is 9.53. The molecule has 1 aromatic rings. The van der Waals surface area contributed by atoms with Gasteiger partial charge in [-0.1, -0.05) is 17.7 Å². The molecular formula is C11H11ClNO. The van der Waals surface area contributed by atoms with Crippen LogP contribution in [0, 0.1) is 6.42 Å². The molecule has 1 aromatic carbocycles. The summed E-state index contributed by atoms with van der Waals surface area (Å²) in [5.41, 5.74) is 0.674. The molecule has 2 rings (SSSR count). The lowest BCUT2D eigenvalue weighted by atomic mass is 10.2. The van der Waals surface area contributed by atoms with Gasteiger partial charge in [-0.05, 0) is 31.0 Å². The van der Waals surface area contributed by atoms with Gasteiger partial charge in [0.2, 0.25) is 0 Å². The van der Waals surface area contributed by atoms with E-state index in [0.29, 0.717) is 10.6 Å². The first-order valence-corrected chi connectivity index (χ1v) is 5.01. The maximum atomic E-state index is 11.8. The first-order valence-electron chi connectivity index (χ1n) is 4.64. The van der Waals surface area contributed by atoms with Crippen molar-refractivity contribution in [3.8, 4) is 0 Å². The molecule has 1 aliphatic rings. The van der Waals surface area contributed by atoms with Gasteiger partial charge in [-0.3, -0.25) is 4.79 Å². The average Bonchev–Trinajstić information content (AvgIpc) is 2.69. The van der Waals surface area contributed by atoms with Crippen LogP contribution in [-0.2, 0) is 0 Å². The van der Waals surface area contributed by atoms with Crippen molar-refractivity contribution in [1.29, 1.82) is 0 Å². The van der Waals surface area contributed by atoms with Crippen LogP contribution in [0.4, 0.5) is 0 Å². The zero-order chi connectivity index (χ0) is 9.97. The van der Waals surface area contributed by atoms with Crippen molar-refractivity contribution in [1.82, 2.24) is 4.90 Å². The molecule has 0 atom stereocenters. The lowest BCUT2D eigenvalue weighted by Crippen LogP contribution is -2.27. The maximum absolute atomic E-state index is 11.8. The Morgan fingerprint density at radius 3 is 2.93 bits per heavy atom. The van der Waals surface area contributed by atoms with Crippen LogP contribution < -0.4 is 0 Å². The Kier molecular flexibility index (Phi) is 2.73. The number of benzene rings is 1. The number of nitrogens with zero attached hydrogens (tertiary/aromatic N) is 1. The second-order valence-electron chi connectivity index (χ2n) is 3.34. The van der Waals surface area contributed by atoms with E-state index in [1.807, 2.05) is 4.90 Å². The normalized spacial score (nSPS) is 15.9. The number of rotatable bonds is 1. The van der Waals surface area contributed by atoms with Gasteiger partial charge in [0.05, 0.1) is 0 Å².